The molecule has 112 valence electrons. The van der Waals surface area contributed by atoms with E-state index in [2.05, 4.69) is 12.1 Å². The van der Waals surface area contributed by atoms with Crippen molar-refractivity contribution in [2.24, 2.45) is 0 Å². The van der Waals surface area contributed by atoms with Crippen LogP contribution in [0.3, 0.4) is 0 Å². The highest BCUT2D eigenvalue weighted by Gasteiger charge is 1.95. The van der Waals surface area contributed by atoms with Crippen LogP contribution in [0.2, 0.25) is 0 Å². The first-order valence-electron chi connectivity index (χ1n) is 7.44. The third-order valence-electron chi connectivity index (χ3n) is 3.19. The van der Waals surface area contributed by atoms with Gasteiger partial charge in [-0.05, 0) is 49.1 Å². The molecule has 0 aliphatic rings. The van der Waals surface area contributed by atoms with Crippen LogP contribution in [0.25, 0.3) is 0 Å². The van der Waals surface area contributed by atoms with Gasteiger partial charge in [0.05, 0.1) is 13.2 Å². The van der Waals surface area contributed by atoms with Gasteiger partial charge < -0.3 is 15.2 Å². The van der Waals surface area contributed by atoms with Crippen molar-refractivity contribution in [3.63, 3.8) is 0 Å². The molecule has 0 amide bonds. The molecule has 0 atom stereocenters. The zero-order valence-corrected chi connectivity index (χ0v) is 12.3. The minimum Gasteiger partial charge on any atom is -0.494 e. The van der Waals surface area contributed by atoms with Crippen LogP contribution in [0.4, 0.5) is 5.69 Å². The molecule has 2 N–H and O–H groups in total. The summed E-state index contributed by atoms with van der Waals surface area (Å²) < 4.78 is 11.3. The van der Waals surface area contributed by atoms with Gasteiger partial charge in [0.15, 0.2) is 0 Å². The van der Waals surface area contributed by atoms with E-state index in [0.29, 0.717) is 6.61 Å². The third kappa shape index (κ3) is 6.32. The molecule has 3 heteroatoms. The van der Waals surface area contributed by atoms with E-state index < -0.39 is 0 Å². The first-order valence-corrected chi connectivity index (χ1v) is 7.44. The van der Waals surface area contributed by atoms with Gasteiger partial charge in [-0.2, -0.15) is 0 Å². The molecule has 2 aromatic rings. The van der Waals surface area contributed by atoms with Crippen LogP contribution in [0.5, 0.6) is 5.75 Å². The molecular formula is C18H23NO2. The fraction of sp³-hybridized carbons (Fsp3) is 0.333. The molecule has 0 spiro atoms. The maximum Gasteiger partial charge on any atom is 0.119 e. The average Bonchev–Trinajstić information content (AvgIpc) is 2.53. The smallest absolute Gasteiger partial charge is 0.119 e. The Kier molecular flexibility index (Phi) is 6.62. The highest BCUT2D eigenvalue weighted by molar-refractivity contribution is 5.41. The third-order valence-corrected chi connectivity index (χ3v) is 3.19. The molecule has 0 aliphatic heterocycles. The summed E-state index contributed by atoms with van der Waals surface area (Å²) in [6.45, 7) is 2.24. The van der Waals surface area contributed by atoms with Gasteiger partial charge in [0.2, 0.25) is 0 Å². The largest absolute Gasteiger partial charge is 0.494 e. The highest BCUT2D eigenvalue weighted by Crippen LogP contribution is 2.13. The minimum absolute atomic E-state index is 0.697. The molecule has 0 heterocycles. The molecule has 2 aromatic carbocycles. The van der Waals surface area contributed by atoms with Gasteiger partial charge in [0.1, 0.15) is 5.75 Å². The van der Waals surface area contributed by atoms with Gasteiger partial charge in [-0.15, -0.1) is 0 Å². The Morgan fingerprint density at radius 2 is 1.48 bits per heavy atom. The number of unbranched alkanes of at least 4 members (excludes halogenated alkanes) is 2. The van der Waals surface area contributed by atoms with E-state index in [0.717, 1.165) is 43.9 Å². The summed E-state index contributed by atoms with van der Waals surface area (Å²) in [5, 5.41) is 0. The molecule has 0 bridgehead atoms. The number of ether oxygens (including phenoxy) is 2. The summed E-state index contributed by atoms with van der Waals surface area (Å²) in [6, 6.07) is 17.8. The molecule has 0 aliphatic carbocycles. The van der Waals surface area contributed by atoms with Crippen LogP contribution >= 0.6 is 0 Å². The zero-order chi connectivity index (χ0) is 14.8. The Bertz CT molecular complexity index is 496. The maximum atomic E-state index is 5.64. The second-order valence-electron chi connectivity index (χ2n) is 5.02. The number of anilines is 1. The molecule has 0 unspecified atom stereocenters. The van der Waals surface area contributed by atoms with Gasteiger partial charge in [0.25, 0.3) is 0 Å². The summed E-state index contributed by atoms with van der Waals surface area (Å²) in [4.78, 5) is 0. The van der Waals surface area contributed by atoms with Crippen molar-refractivity contribution in [1.82, 2.24) is 0 Å². The van der Waals surface area contributed by atoms with Crippen molar-refractivity contribution >= 4 is 5.69 Å². The van der Waals surface area contributed by atoms with Gasteiger partial charge in [0, 0.05) is 12.3 Å². The van der Waals surface area contributed by atoms with E-state index in [4.69, 9.17) is 15.2 Å². The molecular weight excluding hydrogens is 262 g/mol. The van der Waals surface area contributed by atoms with Crippen molar-refractivity contribution in [3.8, 4) is 5.75 Å². The highest BCUT2D eigenvalue weighted by atomic mass is 16.5. The summed E-state index contributed by atoms with van der Waals surface area (Å²) in [7, 11) is 0. The van der Waals surface area contributed by atoms with Crippen LogP contribution in [-0.2, 0) is 11.3 Å². The number of rotatable bonds is 9. The predicted molar refractivity (Wildman–Crippen MR) is 86.3 cm³/mol. The lowest BCUT2D eigenvalue weighted by Crippen LogP contribution is -2.00. The lowest BCUT2D eigenvalue weighted by atomic mass is 10.2. The standard InChI is InChI=1S/C18H23NO2/c19-17-9-11-18(12-10-17)21-14-6-2-5-13-20-15-16-7-3-1-4-8-16/h1,3-4,7-12H,2,5-6,13-15,19H2. The Morgan fingerprint density at radius 1 is 0.762 bits per heavy atom. The van der Waals surface area contributed by atoms with Crippen molar-refractivity contribution < 1.29 is 9.47 Å². The van der Waals surface area contributed by atoms with Crippen LogP contribution in [-0.4, -0.2) is 13.2 Å². The van der Waals surface area contributed by atoms with Gasteiger partial charge in [-0.25, -0.2) is 0 Å². The lowest BCUT2D eigenvalue weighted by Gasteiger charge is -2.07. The quantitative estimate of drug-likeness (QED) is 0.558. The summed E-state index contributed by atoms with van der Waals surface area (Å²) in [6.07, 6.45) is 3.22. The van der Waals surface area contributed by atoms with Crippen molar-refractivity contribution in [2.75, 3.05) is 18.9 Å². The molecule has 0 fully saturated rings. The Labute approximate surface area is 126 Å². The van der Waals surface area contributed by atoms with Crippen LogP contribution in [0, 0.1) is 0 Å². The average molecular weight is 285 g/mol. The van der Waals surface area contributed by atoms with E-state index in [1.807, 2.05) is 42.5 Å². The second-order valence-corrected chi connectivity index (χ2v) is 5.02. The topological polar surface area (TPSA) is 44.5 Å². The fourth-order valence-electron chi connectivity index (χ4n) is 2.00. The molecule has 0 saturated heterocycles. The summed E-state index contributed by atoms with van der Waals surface area (Å²) in [5.74, 6) is 0.879. The van der Waals surface area contributed by atoms with Crippen LogP contribution in [0.1, 0.15) is 24.8 Å². The van der Waals surface area contributed by atoms with Crippen LogP contribution in [0.15, 0.2) is 54.6 Å². The predicted octanol–water partition coefficient (Wildman–Crippen LogP) is 4.03. The minimum atomic E-state index is 0.697. The first kappa shape index (κ1) is 15.4. The first-order chi connectivity index (χ1) is 10.3. The second kappa shape index (κ2) is 9.03. The molecule has 0 saturated carbocycles. The van der Waals surface area contributed by atoms with Crippen molar-refractivity contribution in [1.29, 1.82) is 0 Å². The molecule has 0 aromatic heterocycles. The molecule has 3 nitrogen and oxygen atoms in total. The SMILES string of the molecule is Nc1ccc(OCCCCCOCc2ccccc2)cc1. The summed E-state index contributed by atoms with van der Waals surface area (Å²) >= 11 is 0. The Balaban J connectivity index is 1.46. The maximum absolute atomic E-state index is 5.64. The van der Waals surface area contributed by atoms with Gasteiger partial charge >= 0.3 is 0 Å². The van der Waals surface area contributed by atoms with E-state index in [-0.39, 0.29) is 0 Å². The summed E-state index contributed by atoms with van der Waals surface area (Å²) in [5.41, 5.74) is 7.61. The van der Waals surface area contributed by atoms with Crippen LogP contribution < -0.4 is 10.5 Å². The number of nitrogens with two attached hydrogens (primary N) is 1. The molecule has 21 heavy (non-hydrogen) atoms. The van der Waals surface area contributed by atoms with E-state index >= 15 is 0 Å². The monoisotopic (exact) mass is 285 g/mol. The van der Waals surface area contributed by atoms with Gasteiger partial charge in [-0.1, -0.05) is 30.3 Å². The Hall–Kier alpha value is -2.00. The van der Waals surface area contributed by atoms with Gasteiger partial charge in [-0.3, -0.25) is 0 Å². The van der Waals surface area contributed by atoms with E-state index in [9.17, 15) is 0 Å². The lowest BCUT2D eigenvalue weighted by molar-refractivity contribution is 0.116. The number of benzene rings is 2. The Morgan fingerprint density at radius 3 is 2.24 bits per heavy atom. The van der Waals surface area contributed by atoms with Crippen molar-refractivity contribution in [2.45, 2.75) is 25.9 Å². The zero-order valence-electron chi connectivity index (χ0n) is 12.3. The molecule has 2 rings (SSSR count). The van der Waals surface area contributed by atoms with Crippen molar-refractivity contribution in [3.05, 3.63) is 60.2 Å². The number of hydrogen-bond acceptors (Lipinski definition) is 3. The van der Waals surface area contributed by atoms with E-state index in [1.54, 1.807) is 0 Å². The fourth-order valence-corrected chi connectivity index (χ4v) is 2.00. The number of hydrogen-bond donors (Lipinski definition) is 1. The van der Waals surface area contributed by atoms with E-state index in [1.165, 1.54) is 5.56 Å². The molecule has 0 radical (unpaired) electrons. The normalized spacial score (nSPS) is 10.5. The number of nitrogen functional groups attached to an aromatic ring is 1.